The number of rotatable bonds is 3. The molecule has 1 atom stereocenters. The molecule has 3 heteroatoms. The summed E-state index contributed by atoms with van der Waals surface area (Å²) in [5.74, 6) is -0.0313. The number of fused-ring (bicyclic) bond motifs is 1. The molecular weight excluding hydrogens is 260 g/mol. The van der Waals surface area contributed by atoms with Crippen LogP contribution in [-0.2, 0) is 6.54 Å². The molecule has 0 aromatic heterocycles. The maximum absolute atomic E-state index is 12.4. The van der Waals surface area contributed by atoms with Crippen molar-refractivity contribution in [2.45, 2.75) is 25.8 Å². The molecular formula is C18H16N2O. The highest BCUT2D eigenvalue weighted by Gasteiger charge is 2.27. The first-order valence-corrected chi connectivity index (χ1v) is 7.14. The molecule has 21 heavy (non-hydrogen) atoms. The lowest BCUT2D eigenvalue weighted by Crippen LogP contribution is -2.22. The number of hydrogen-bond donors (Lipinski definition) is 0. The fourth-order valence-corrected chi connectivity index (χ4v) is 2.75. The van der Waals surface area contributed by atoms with Gasteiger partial charge in [-0.2, -0.15) is 5.26 Å². The zero-order valence-electron chi connectivity index (χ0n) is 11.9. The van der Waals surface area contributed by atoms with Gasteiger partial charge in [0.1, 0.15) is 0 Å². The number of carbonyl (C=O) groups is 1. The first kappa shape index (κ1) is 13.4. The predicted molar refractivity (Wildman–Crippen MR) is 82.0 cm³/mol. The molecule has 2 aromatic carbocycles. The lowest BCUT2D eigenvalue weighted by molar-refractivity contribution is 0.0996. The van der Waals surface area contributed by atoms with Crippen LogP contribution in [0.5, 0.6) is 0 Å². The van der Waals surface area contributed by atoms with Crippen molar-refractivity contribution in [2.24, 2.45) is 0 Å². The Bertz CT molecular complexity index is 713. The summed E-state index contributed by atoms with van der Waals surface area (Å²) in [6.07, 6.45) is 0.796. The molecule has 0 saturated carbocycles. The van der Waals surface area contributed by atoms with Crippen LogP contribution in [0, 0.1) is 11.3 Å². The summed E-state index contributed by atoms with van der Waals surface area (Å²) in [4.78, 5) is 14.2. The Morgan fingerprint density at radius 2 is 1.90 bits per heavy atom. The molecule has 1 aliphatic rings. The number of anilines is 1. The highest BCUT2D eigenvalue weighted by atomic mass is 16.2. The zero-order chi connectivity index (χ0) is 14.8. The van der Waals surface area contributed by atoms with Crippen molar-refractivity contribution in [3.8, 4) is 6.07 Å². The van der Waals surface area contributed by atoms with Crippen molar-refractivity contribution >= 4 is 11.6 Å². The molecule has 1 amide bonds. The third-order valence-electron chi connectivity index (χ3n) is 3.99. The Labute approximate surface area is 124 Å². The lowest BCUT2D eigenvalue weighted by Gasteiger charge is -2.16. The maximum atomic E-state index is 12.4. The summed E-state index contributed by atoms with van der Waals surface area (Å²) < 4.78 is 0. The second-order valence-electron chi connectivity index (χ2n) is 5.23. The van der Waals surface area contributed by atoms with E-state index in [9.17, 15) is 4.79 Å². The van der Waals surface area contributed by atoms with Crippen molar-refractivity contribution in [2.75, 3.05) is 4.90 Å². The fraction of sp³-hybridized carbons (Fsp3) is 0.222. The van der Waals surface area contributed by atoms with E-state index in [0.717, 1.165) is 28.8 Å². The molecule has 0 N–H and O–H groups in total. The van der Waals surface area contributed by atoms with Gasteiger partial charge in [0, 0.05) is 11.3 Å². The Morgan fingerprint density at radius 3 is 2.52 bits per heavy atom. The molecule has 3 rings (SSSR count). The number of hydrogen-bond acceptors (Lipinski definition) is 2. The van der Waals surface area contributed by atoms with Gasteiger partial charge in [0.2, 0.25) is 0 Å². The molecule has 0 spiro atoms. The van der Waals surface area contributed by atoms with E-state index in [0.29, 0.717) is 6.54 Å². The van der Waals surface area contributed by atoms with Gasteiger partial charge in [-0.25, -0.2) is 0 Å². The van der Waals surface area contributed by atoms with Gasteiger partial charge in [-0.3, -0.25) is 4.79 Å². The van der Waals surface area contributed by atoms with Crippen LogP contribution in [0.1, 0.15) is 40.7 Å². The highest BCUT2D eigenvalue weighted by molar-refractivity contribution is 6.09. The van der Waals surface area contributed by atoms with Crippen LogP contribution in [0.15, 0.2) is 48.5 Å². The normalized spacial score (nSPS) is 14.7. The number of carbonyl (C=O) groups excluding carboxylic acids is 1. The largest absolute Gasteiger partial charge is 0.304 e. The quantitative estimate of drug-likeness (QED) is 0.854. The molecule has 1 unspecified atom stereocenters. The molecule has 0 fully saturated rings. The fourth-order valence-electron chi connectivity index (χ4n) is 2.75. The number of amides is 1. The van der Waals surface area contributed by atoms with Gasteiger partial charge in [0.25, 0.3) is 5.91 Å². The van der Waals surface area contributed by atoms with Crippen LogP contribution in [0.2, 0.25) is 0 Å². The molecule has 1 aliphatic heterocycles. The van der Waals surface area contributed by atoms with E-state index in [4.69, 9.17) is 5.26 Å². The second-order valence-corrected chi connectivity index (χ2v) is 5.23. The Morgan fingerprint density at radius 1 is 1.19 bits per heavy atom. The molecule has 0 aliphatic carbocycles. The summed E-state index contributed by atoms with van der Waals surface area (Å²) in [5, 5.41) is 9.11. The van der Waals surface area contributed by atoms with Crippen LogP contribution in [0.3, 0.4) is 0 Å². The minimum absolute atomic E-state index is 0.0469. The third kappa shape index (κ3) is 2.30. The first-order valence-electron chi connectivity index (χ1n) is 7.14. The third-order valence-corrected chi connectivity index (χ3v) is 3.99. The monoisotopic (exact) mass is 276 g/mol. The topological polar surface area (TPSA) is 44.1 Å². The molecule has 0 radical (unpaired) electrons. The summed E-state index contributed by atoms with van der Waals surface area (Å²) in [6, 6.07) is 17.8. The van der Waals surface area contributed by atoms with E-state index >= 15 is 0 Å². The van der Waals surface area contributed by atoms with Gasteiger partial charge in [-0.1, -0.05) is 37.3 Å². The molecule has 0 saturated heterocycles. The predicted octanol–water partition coefficient (Wildman–Crippen LogP) is 3.86. The van der Waals surface area contributed by atoms with E-state index in [1.54, 1.807) is 4.90 Å². The van der Waals surface area contributed by atoms with Crippen molar-refractivity contribution in [1.82, 2.24) is 0 Å². The average Bonchev–Trinajstić information content (AvgIpc) is 2.87. The van der Waals surface area contributed by atoms with Crippen LogP contribution < -0.4 is 4.90 Å². The summed E-state index contributed by atoms with van der Waals surface area (Å²) in [7, 11) is 0. The van der Waals surface area contributed by atoms with E-state index in [2.05, 4.69) is 6.07 Å². The Balaban J connectivity index is 1.87. The highest BCUT2D eigenvalue weighted by Crippen LogP contribution is 2.29. The first-order chi connectivity index (χ1) is 10.2. The molecule has 2 aromatic rings. The van der Waals surface area contributed by atoms with Crippen molar-refractivity contribution < 1.29 is 4.79 Å². The van der Waals surface area contributed by atoms with Crippen LogP contribution in [0.4, 0.5) is 5.69 Å². The number of benzene rings is 2. The molecule has 0 bridgehead atoms. The van der Waals surface area contributed by atoms with Crippen molar-refractivity contribution in [3.05, 3.63) is 65.2 Å². The Hall–Kier alpha value is -2.60. The average molecular weight is 276 g/mol. The van der Waals surface area contributed by atoms with Gasteiger partial charge in [-0.15, -0.1) is 0 Å². The maximum Gasteiger partial charge on any atom is 0.258 e. The molecule has 3 nitrogen and oxygen atoms in total. The minimum atomic E-state index is -0.0782. The lowest BCUT2D eigenvalue weighted by atomic mass is 9.98. The van der Waals surface area contributed by atoms with Crippen molar-refractivity contribution in [3.63, 3.8) is 0 Å². The summed E-state index contributed by atoms with van der Waals surface area (Å²) >= 11 is 0. The minimum Gasteiger partial charge on any atom is -0.304 e. The van der Waals surface area contributed by atoms with E-state index < -0.39 is 0 Å². The van der Waals surface area contributed by atoms with E-state index in [1.165, 1.54) is 0 Å². The van der Waals surface area contributed by atoms with Crippen molar-refractivity contribution in [1.29, 1.82) is 5.26 Å². The van der Waals surface area contributed by atoms with Gasteiger partial charge in [0.15, 0.2) is 0 Å². The van der Waals surface area contributed by atoms with Gasteiger partial charge < -0.3 is 4.90 Å². The molecule has 1 heterocycles. The van der Waals surface area contributed by atoms with E-state index in [1.807, 2.05) is 55.5 Å². The Kier molecular flexibility index (Phi) is 3.45. The summed E-state index contributed by atoms with van der Waals surface area (Å²) in [5.41, 5.74) is 3.74. The van der Waals surface area contributed by atoms with Crippen LogP contribution >= 0.6 is 0 Å². The van der Waals surface area contributed by atoms with Crippen LogP contribution in [-0.4, -0.2) is 5.91 Å². The molecule has 104 valence electrons. The smallest absolute Gasteiger partial charge is 0.258 e. The van der Waals surface area contributed by atoms with Gasteiger partial charge in [0.05, 0.1) is 18.5 Å². The van der Waals surface area contributed by atoms with Crippen LogP contribution in [0.25, 0.3) is 0 Å². The number of nitriles is 1. The van der Waals surface area contributed by atoms with E-state index in [-0.39, 0.29) is 11.8 Å². The van der Waals surface area contributed by atoms with Gasteiger partial charge in [-0.05, 0) is 35.7 Å². The van der Waals surface area contributed by atoms with Gasteiger partial charge >= 0.3 is 0 Å². The SMILES string of the molecule is CCC(C#N)c1ccc(N2Cc3ccccc3C2=O)cc1. The standard InChI is InChI=1S/C18H16N2O/c1-2-13(11-19)14-7-9-16(10-8-14)20-12-15-5-3-4-6-17(15)18(20)21/h3-10,13H,2,12H2,1H3. The summed E-state index contributed by atoms with van der Waals surface area (Å²) in [6.45, 7) is 2.62. The number of nitrogens with zero attached hydrogens (tertiary/aromatic N) is 2. The zero-order valence-corrected chi connectivity index (χ0v) is 11.9. The second kappa shape index (κ2) is 5.41.